The van der Waals surface area contributed by atoms with Crippen LogP contribution in [0.1, 0.15) is 26.9 Å². The average molecular weight is 414 g/mol. The first-order valence-corrected chi connectivity index (χ1v) is 11.3. The topological polar surface area (TPSA) is 42.8 Å². The van der Waals surface area contributed by atoms with Crippen molar-refractivity contribution in [2.45, 2.75) is 18.9 Å². The summed E-state index contributed by atoms with van der Waals surface area (Å²) in [4.78, 5) is 16.8. The Morgan fingerprint density at radius 1 is 1.18 bits per heavy atom. The molecule has 0 saturated carbocycles. The molecule has 1 aliphatic heterocycles. The van der Waals surface area contributed by atoms with Crippen LogP contribution in [0.2, 0.25) is 0 Å². The molecule has 0 fully saturated rings. The van der Waals surface area contributed by atoms with Crippen molar-refractivity contribution in [3.05, 3.63) is 74.1 Å². The highest BCUT2D eigenvalue weighted by molar-refractivity contribution is 7.10. The number of rotatable bonds is 7. The third-order valence-electron chi connectivity index (χ3n) is 5.28. The zero-order valence-corrected chi connectivity index (χ0v) is 17.6. The second-order valence-electron chi connectivity index (χ2n) is 7.03. The molecule has 1 aliphatic rings. The minimum absolute atomic E-state index is 0.128. The molecule has 2 aromatic heterocycles. The molecule has 28 heavy (non-hydrogen) atoms. The largest absolute Gasteiger partial charge is 0.497 e. The van der Waals surface area contributed by atoms with Crippen LogP contribution in [0.3, 0.4) is 0 Å². The van der Waals surface area contributed by atoms with Crippen molar-refractivity contribution in [1.82, 2.24) is 5.32 Å². The Balaban J connectivity index is 1.35. The molecule has 1 unspecified atom stereocenters. The Labute approximate surface area is 173 Å². The van der Waals surface area contributed by atoms with Crippen LogP contribution in [0.15, 0.2) is 53.2 Å². The van der Waals surface area contributed by atoms with Gasteiger partial charge in [0.15, 0.2) is 6.54 Å². The number of benzene rings is 1. The monoisotopic (exact) mass is 413 g/mol. The fourth-order valence-corrected chi connectivity index (χ4v) is 5.68. The summed E-state index contributed by atoms with van der Waals surface area (Å²) in [5.41, 5.74) is 2.60. The maximum Gasteiger partial charge on any atom is 0.275 e. The number of amides is 1. The highest BCUT2D eigenvalue weighted by Crippen LogP contribution is 2.31. The van der Waals surface area contributed by atoms with Gasteiger partial charge in [0.1, 0.15) is 11.8 Å². The van der Waals surface area contributed by atoms with E-state index < -0.39 is 0 Å². The van der Waals surface area contributed by atoms with Gasteiger partial charge in [-0.15, -0.1) is 22.7 Å². The first-order valence-electron chi connectivity index (χ1n) is 9.58. The molecule has 1 amide bonds. The molecule has 4 rings (SSSR count). The molecule has 4 nitrogen and oxygen atoms in total. The van der Waals surface area contributed by atoms with Crippen LogP contribution >= 0.6 is 22.7 Å². The lowest BCUT2D eigenvalue weighted by atomic mass is 9.98. The average Bonchev–Trinajstić information content (AvgIpc) is 3.40. The molecule has 146 valence electrons. The molecule has 0 bridgehead atoms. The van der Waals surface area contributed by atoms with Gasteiger partial charge in [-0.05, 0) is 47.0 Å². The van der Waals surface area contributed by atoms with Crippen LogP contribution in [0.4, 0.5) is 0 Å². The van der Waals surface area contributed by atoms with Crippen molar-refractivity contribution in [2.75, 3.05) is 26.7 Å². The van der Waals surface area contributed by atoms with E-state index in [1.807, 2.05) is 35.6 Å². The van der Waals surface area contributed by atoms with Crippen molar-refractivity contribution in [2.24, 2.45) is 0 Å². The minimum atomic E-state index is 0.128. The van der Waals surface area contributed by atoms with Gasteiger partial charge in [0.25, 0.3) is 5.91 Å². The van der Waals surface area contributed by atoms with Crippen LogP contribution in [-0.2, 0) is 17.6 Å². The molecule has 0 radical (unpaired) electrons. The van der Waals surface area contributed by atoms with Crippen molar-refractivity contribution in [3.8, 4) is 5.75 Å². The van der Waals surface area contributed by atoms with Gasteiger partial charge in [0, 0.05) is 23.4 Å². The molecule has 1 aromatic carbocycles. The normalized spacial score (nSPS) is 18.5. The zero-order chi connectivity index (χ0) is 19.3. The number of nitrogens with one attached hydrogen (secondary N) is 2. The summed E-state index contributed by atoms with van der Waals surface area (Å²) < 4.78 is 5.19. The van der Waals surface area contributed by atoms with Crippen molar-refractivity contribution in [1.29, 1.82) is 0 Å². The number of hydrogen-bond acceptors (Lipinski definition) is 4. The summed E-state index contributed by atoms with van der Waals surface area (Å²) in [6.07, 6.45) is 1.89. The molecular weight excluding hydrogens is 388 g/mol. The smallest absolute Gasteiger partial charge is 0.275 e. The number of quaternary nitrogens is 1. The number of ether oxygens (including phenoxy) is 1. The van der Waals surface area contributed by atoms with Crippen molar-refractivity contribution in [3.63, 3.8) is 0 Å². The Morgan fingerprint density at radius 2 is 2.04 bits per heavy atom. The van der Waals surface area contributed by atoms with Gasteiger partial charge in [-0.25, -0.2) is 0 Å². The molecule has 6 heteroatoms. The lowest BCUT2D eigenvalue weighted by molar-refractivity contribution is -0.919. The van der Waals surface area contributed by atoms with Gasteiger partial charge in [0.2, 0.25) is 0 Å². The Morgan fingerprint density at radius 3 is 2.79 bits per heavy atom. The van der Waals surface area contributed by atoms with E-state index in [9.17, 15) is 4.79 Å². The number of carbonyl (C=O) groups excluding carboxylic acids is 1. The Hall–Kier alpha value is -2.15. The minimum Gasteiger partial charge on any atom is -0.497 e. The summed E-state index contributed by atoms with van der Waals surface area (Å²) in [7, 11) is 1.67. The fourth-order valence-electron chi connectivity index (χ4n) is 3.86. The summed E-state index contributed by atoms with van der Waals surface area (Å²) in [5, 5.41) is 7.42. The maximum atomic E-state index is 12.6. The van der Waals surface area contributed by atoms with Crippen LogP contribution in [0, 0.1) is 0 Å². The van der Waals surface area contributed by atoms with Gasteiger partial charge >= 0.3 is 0 Å². The quantitative estimate of drug-likeness (QED) is 0.625. The first kappa shape index (κ1) is 19.2. The van der Waals surface area contributed by atoms with Gasteiger partial charge in [0.05, 0.1) is 18.5 Å². The van der Waals surface area contributed by atoms with Gasteiger partial charge in [-0.2, -0.15) is 0 Å². The predicted molar refractivity (Wildman–Crippen MR) is 115 cm³/mol. The van der Waals surface area contributed by atoms with Crippen molar-refractivity contribution >= 4 is 28.6 Å². The highest BCUT2D eigenvalue weighted by atomic mass is 32.1. The van der Waals surface area contributed by atoms with E-state index in [-0.39, 0.29) is 11.9 Å². The van der Waals surface area contributed by atoms with Gasteiger partial charge in [-0.1, -0.05) is 18.2 Å². The molecule has 2 atom stereocenters. The Bertz CT molecular complexity index is 903. The van der Waals surface area contributed by atoms with E-state index in [0.717, 1.165) is 25.1 Å². The summed E-state index contributed by atoms with van der Waals surface area (Å²) in [6.45, 7) is 2.17. The number of thiophene rings is 2. The van der Waals surface area contributed by atoms with E-state index >= 15 is 0 Å². The number of hydrogen-bond donors (Lipinski definition) is 2. The van der Waals surface area contributed by atoms with E-state index in [1.54, 1.807) is 18.4 Å². The zero-order valence-electron chi connectivity index (χ0n) is 15.9. The van der Waals surface area contributed by atoms with Crippen LogP contribution < -0.4 is 15.0 Å². The molecule has 0 aliphatic carbocycles. The number of methoxy groups -OCH3 is 1. The van der Waals surface area contributed by atoms with Crippen molar-refractivity contribution < 1.29 is 14.4 Å². The van der Waals surface area contributed by atoms with Crippen LogP contribution in [0.5, 0.6) is 5.75 Å². The molecule has 3 heterocycles. The first-order chi connectivity index (χ1) is 13.7. The molecular formula is C22H25N2O2S2+. The lowest BCUT2D eigenvalue weighted by Gasteiger charge is -2.31. The van der Waals surface area contributed by atoms with Gasteiger partial charge in [-0.3, -0.25) is 4.79 Å². The third-order valence-corrected chi connectivity index (χ3v) is 7.22. The van der Waals surface area contributed by atoms with E-state index in [1.165, 1.54) is 25.8 Å². The van der Waals surface area contributed by atoms with Gasteiger partial charge < -0.3 is 15.0 Å². The number of carbonyl (C=O) groups is 1. The van der Waals surface area contributed by atoms with E-state index in [4.69, 9.17) is 4.74 Å². The summed E-state index contributed by atoms with van der Waals surface area (Å²) in [6, 6.07) is 14.8. The Kier molecular flexibility index (Phi) is 6.10. The van der Waals surface area contributed by atoms with Crippen LogP contribution in [0.25, 0.3) is 0 Å². The third kappa shape index (κ3) is 4.29. The summed E-state index contributed by atoms with van der Waals surface area (Å²) >= 11 is 3.63. The molecule has 3 aromatic rings. The predicted octanol–water partition coefficient (Wildman–Crippen LogP) is 2.71. The number of fused-ring (bicyclic) bond motifs is 1. The standard InChI is InChI=1S/C22H24N2O2S2/c1-26-17-6-4-16(5-7-17)8-11-23-21(25)15-24-12-9-19-18(10-14-28-19)22(24)20-3-2-13-27-20/h2-7,10,13-14,22H,8-9,11-12,15H2,1H3,(H,23,25)/p+1/t22-/m1/s1. The second-order valence-corrected chi connectivity index (χ2v) is 9.01. The molecule has 2 N–H and O–H groups in total. The second kappa shape index (κ2) is 8.90. The maximum absolute atomic E-state index is 12.6. The van der Waals surface area contributed by atoms with E-state index in [2.05, 4.69) is 34.3 Å². The fraction of sp³-hybridized carbons (Fsp3) is 0.318. The SMILES string of the molecule is COc1ccc(CCNC(=O)C[NH+]2CCc3sccc3[C@@H]2c2cccs2)cc1. The lowest BCUT2D eigenvalue weighted by Crippen LogP contribution is -3.14. The summed E-state index contributed by atoms with van der Waals surface area (Å²) in [5.74, 6) is 0.984. The molecule has 0 spiro atoms. The van der Waals surface area contributed by atoms with Crippen LogP contribution in [-0.4, -0.2) is 32.7 Å². The molecule has 0 saturated heterocycles. The van der Waals surface area contributed by atoms with E-state index in [0.29, 0.717) is 13.1 Å². The highest BCUT2D eigenvalue weighted by Gasteiger charge is 2.34.